The molecule has 1 N–H and O–H groups in total. The van der Waals surface area contributed by atoms with Crippen LogP contribution in [0.25, 0.3) is 0 Å². The molecule has 0 aromatic carbocycles. The van der Waals surface area contributed by atoms with Gasteiger partial charge in [-0.05, 0) is 5.92 Å². The van der Waals surface area contributed by atoms with Crippen LogP contribution in [-0.4, -0.2) is 21.2 Å². The number of hydrogen-bond donors (Lipinski definition) is 1. The average molecular weight is 167 g/mol. The van der Waals surface area contributed by atoms with Gasteiger partial charge < -0.3 is 0 Å². The molecule has 0 bridgehead atoms. The van der Waals surface area contributed by atoms with E-state index in [1.54, 1.807) is 0 Å². The number of ketones is 1. The Morgan fingerprint density at radius 2 is 2.50 bits per heavy atom. The lowest BCUT2D eigenvalue weighted by atomic mass is 10.0. The van der Waals surface area contributed by atoms with E-state index in [2.05, 4.69) is 29.3 Å². The largest absolute Gasteiger partial charge is 0.292 e. The molecular weight excluding hydrogens is 154 g/mol. The van der Waals surface area contributed by atoms with Crippen LogP contribution in [0, 0.1) is 5.92 Å². The molecule has 12 heavy (non-hydrogen) atoms. The molecule has 0 saturated heterocycles. The Hall–Kier alpha value is -1.19. The minimum Gasteiger partial charge on any atom is -0.292 e. The van der Waals surface area contributed by atoms with E-state index >= 15 is 0 Å². The van der Waals surface area contributed by atoms with E-state index in [0.717, 1.165) is 6.42 Å². The zero-order chi connectivity index (χ0) is 8.97. The van der Waals surface area contributed by atoms with Crippen molar-refractivity contribution in [2.24, 2.45) is 5.92 Å². The maximum absolute atomic E-state index is 11.4. The number of hydrogen-bond acceptors (Lipinski definition) is 3. The number of Topliss-reactive ketones (excluding diaryl/α,β-unsaturated/α-hetero) is 1. The highest BCUT2D eigenvalue weighted by Crippen LogP contribution is 2.09. The first kappa shape index (κ1) is 8.90. The van der Waals surface area contributed by atoms with Crippen LogP contribution in [-0.2, 0) is 0 Å². The van der Waals surface area contributed by atoms with Crippen LogP contribution >= 0.6 is 0 Å². The predicted octanol–water partition coefficient (Wildman–Crippen LogP) is 1.42. The van der Waals surface area contributed by atoms with Gasteiger partial charge in [0.25, 0.3) is 0 Å². The van der Waals surface area contributed by atoms with Gasteiger partial charge >= 0.3 is 0 Å². The first-order chi connectivity index (χ1) is 5.74. The molecule has 1 atom stereocenters. The minimum atomic E-state index is 0.0677. The lowest BCUT2D eigenvalue weighted by Crippen LogP contribution is -2.05. The summed E-state index contributed by atoms with van der Waals surface area (Å²) in [5.74, 6) is 0.493. The van der Waals surface area contributed by atoms with Crippen LogP contribution in [0.2, 0.25) is 0 Å². The van der Waals surface area contributed by atoms with Gasteiger partial charge in [0, 0.05) is 6.42 Å². The summed E-state index contributed by atoms with van der Waals surface area (Å²) in [6, 6.07) is 0. The van der Waals surface area contributed by atoms with Crippen molar-refractivity contribution in [3.63, 3.8) is 0 Å². The summed E-state index contributed by atoms with van der Waals surface area (Å²) in [5.41, 5.74) is 0.440. The third-order valence-corrected chi connectivity index (χ3v) is 1.93. The van der Waals surface area contributed by atoms with Crippen LogP contribution in [0.1, 0.15) is 37.2 Å². The Morgan fingerprint density at radius 3 is 3.00 bits per heavy atom. The highest BCUT2D eigenvalue weighted by atomic mass is 16.1. The van der Waals surface area contributed by atoms with Gasteiger partial charge in [0.05, 0.1) is 6.20 Å². The van der Waals surface area contributed by atoms with Crippen molar-refractivity contribution in [2.45, 2.75) is 26.7 Å². The Balaban J connectivity index is 2.50. The fourth-order valence-corrected chi connectivity index (χ4v) is 0.901. The second-order valence-electron chi connectivity index (χ2n) is 3.00. The maximum atomic E-state index is 11.4. The fraction of sp³-hybridized carbons (Fsp3) is 0.625. The molecule has 0 fully saturated rings. The Kier molecular flexibility index (Phi) is 2.96. The lowest BCUT2D eigenvalue weighted by Gasteiger charge is -2.03. The number of carbonyl (C=O) groups excluding carboxylic acids is 1. The van der Waals surface area contributed by atoms with E-state index in [1.807, 2.05) is 0 Å². The first-order valence-corrected chi connectivity index (χ1v) is 4.13. The van der Waals surface area contributed by atoms with E-state index in [4.69, 9.17) is 0 Å². The average Bonchev–Trinajstić information content (AvgIpc) is 2.56. The smallest absolute Gasteiger partial charge is 0.184 e. The molecule has 0 spiro atoms. The third kappa shape index (κ3) is 2.15. The highest BCUT2D eigenvalue weighted by molar-refractivity contribution is 5.93. The van der Waals surface area contributed by atoms with Crippen molar-refractivity contribution in [1.29, 1.82) is 0 Å². The number of aromatic nitrogens is 3. The number of nitrogens with zero attached hydrogens (tertiary/aromatic N) is 2. The number of carbonyl (C=O) groups is 1. The Labute approximate surface area is 71.4 Å². The quantitative estimate of drug-likeness (QED) is 0.690. The van der Waals surface area contributed by atoms with Gasteiger partial charge in [0.1, 0.15) is 5.69 Å². The van der Waals surface area contributed by atoms with Crippen LogP contribution in [0.4, 0.5) is 0 Å². The first-order valence-electron chi connectivity index (χ1n) is 4.13. The molecule has 66 valence electrons. The highest BCUT2D eigenvalue weighted by Gasteiger charge is 2.11. The van der Waals surface area contributed by atoms with Gasteiger partial charge in [0.15, 0.2) is 5.78 Å². The van der Waals surface area contributed by atoms with Gasteiger partial charge in [-0.2, -0.15) is 15.4 Å². The minimum absolute atomic E-state index is 0.0677. The normalized spacial score (nSPS) is 12.8. The van der Waals surface area contributed by atoms with Crippen molar-refractivity contribution in [1.82, 2.24) is 15.4 Å². The summed E-state index contributed by atoms with van der Waals surface area (Å²) in [4.78, 5) is 11.4. The summed E-state index contributed by atoms with van der Waals surface area (Å²) in [5, 5.41) is 9.72. The molecule has 1 aromatic heterocycles. The third-order valence-electron chi connectivity index (χ3n) is 1.93. The van der Waals surface area contributed by atoms with Crippen LogP contribution in [0.5, 0.6) is 0 Å². The molecule has 0 aliphatic heterocycles. The molecule has 0 aliphatic rings. The molecule has 1 aromatic rings. The van der Waals surface area contributed by atoms with Gasteiger partial charge in [-0.1, -0.05) is 20.3 Å². The lowest BCUT2D eigenvalue weighted by molar-refractivity contribution is 0.0959. The predicted molar refractivity (Wildman–Crippen MR) is 44.8 cm³/mol. The SMILES string of the molecule is CCC(C)CC(=O)c1cn[nH]n1. The topological polar surface area (TPSA) is 58.6 Å². The summed E-state index contributed by atoms with van der Waals surface area (Å²) in [6.07, 6.45) is 3.04. The van der Waals surface area contributed by atoms with E-state index in [0.29, 0.717) is 18.0 Å². The molecule has 0 aliphatic carbocycles. The van der Waals surface area contributed by atoms with Crippen LogP contribution in [0.15, 0.2) is 6.20 Å². The Bertz CT molecular complexity index is 243. The van der Waals surface area contributed by atoms with E-state index in [9.17, 15) is 4.79 Å². The van der Waals surface area contributed by atoms with E-state index < -0.39 is 0 Å². The van der Waals surface area contributed by atoms with Crippen molar-refractivity contribution in [2.75, 3.05) is 0 Å². The monoisotopic (exact) mass is 167 g/mol. The second kappa shape index (κ2) is 3.99. The molecule has 1 unspecified atom stereocenters. The van der Waals surface area contributed by atoms with Crippen molar-refractivity contribution >= 4 is 5.78 Å². The summed E-state index contributed by atoms with van der Waals surface area (Å²) < 4.78 is 0. The maximum Gasteiger partial charge on any atom is 0.184 e. The van der Waals surface area contributed by atoms with Crippen LogP contribution < -0.4 is 0 Å². The van der Waals surface area contributed by atoms with E-state index in [1.165, 1.54) is 6.20 Å². The molecule has 0 saturated carbocycles. The van der Waals surface area contributed by atoms with Crippen molar-refractivity contribution in [3.8, 4) is 0 Å². The number of aromatic amines is 1. The molecule has 0 radical (unpaired) electrons. The number of rotatable bonds is 4. The van der Waals surface area contributed by atoms with Crippen LogP contribution in [0.3, 0.4) is 0 Å². The molecule has 0 amide bonds. The summed E-state index contributed by atoms with van der Waals surface area (Å²) >= 11 is 0. The zero-order valence-corrected chi connectivity index (χ0v) is 7.37. The summed E-state index contributed by atoms with van der Waals surface area (Å²) in [6.45, 7) is 4.12. The molecule has 4 heteroatoms. The van der Waals surface area contributed by atoms with Gasteiger partial charge in [-0.15, -0.1) is 0 Å². The number of nitrogens with one attached hydrogen (secondary N) is 1. The zero-order valence-electron chi connectivity index (χ0n) is 7.37. The van der Waals surface area contributed by atoms with E-state index in [-0.39, 0.29) is 5.78 Å². The second-order valence-corrected chi connectivity index (χ2v) is 3.00. The van der Waals surface area contributed by atoms with Gasteiger partial charge in [-0.3, -0.25) is 4.79 Å². The van der Waals surface area contributed by atoms with Crippen molar-refractivity contribution < 1.29 is 4.79 Å². The van der Waals surface area contributed by atoms with Gasteiger partial charge in [0.2, 0.25) is 0 Å². The Morgan fingerprint density at radius 1 is 1.75 bits per heavy atom. The molecule has 1 heterocycles. The standard InChI is InChI=1S/C8H13N3O/c1-3-6(2)4-8(12)7-5-9-11-10-7/h5-6H,3-4H2,1-2H3,(H,9,10,11). The number of H-pyrrole nitrogens is 1. The molecular formula is C8H13N3O. The fourth-order valence-electron chi connectivity index (χ4n) is 0.901. The molecule has 4 nitrogen and oxygen atoms in total. The molecule has 1 rings (SSSR count). The van der Waals surface area contributed by atoms with Gasteiger partial charge in [-0.25, -0.2) is 0 Å². The van der Waals surface area contributed by atoms with Crippen molar-refractivity contribution in [3.05, 3.63) is 11.9 Å². The summed E-state index contributed by atoms with van der Waals surface area (Å²) in [7, 11) is 0.